The first kappa shape index (κ1) is 16.2. The van der Waals surface area contributed by atoms with E-state index in [9.17, 15) is 14.4 Å². The maximum atomic E-state index is 12.2. The van der Waals surface area contributed by atoms with Crippen LogP contribution in [-0.4, -0.2) is 18.1 Å². The lowest BCUT2D eigenvalue weighted by atomic mass is 10.0. The van der Waals surface area contributed by atoms with Gasteiger partial charge in [-0.15, -0.1) is 0 Å². The second-order valence-corrected chi connectivity index (χ2v) is 4.70. The van der Waals surface area contributed by atoms with Gasteiger partial charge in [-0.2, -0.15) is 0 Å². The molecule has 0 radical (unpaired) electrons. The lowest BCUT2D eigenvalue weighted by Gasteiger charge is -2.08. The van der Waals surface area contributed by atoms with Gasteiger partial charge < -0.3 is 5.73 Å². The fourth-order valence-electron chi connectivity index (χ4n) is 1.59. The van der Waals surface area contributed by atoms with Crippen LogP contribution in [-0.2, 0) is 9.59 Å². The molecule has 7 heteroatoms. The van der Waals surface area contributed by atoms with Crippen molar-refractivity contribution < 1.29 is 14.4 Å². The Balaban J connectivity index is 3.22. The van der Waals surface area contributed by atoms with Crippen molar-refractivity contribution >= 4 is 41.3 Å². The summed E-state index contributed by atoms with van der Waals surface area (Å²) in [4.78, 5) is 34.1. The molecular weight excluding hydrogens is 303 g/mol. The van der Waals surface area contributed by atoms with E-state index in [2.05, 4.69) is 0 Å². The van der Waals surface area contributed by atoms with Gasteiger partial charge in [0, 0.05) is 21.2 Å². The summed E-state index contributed by atoms with van der Waals surface area (Å²) in [5.41, 5.74) is 5.65. The Labute approximate surface area is 125 Å². The number of nitrogens with two attached hydrogens (primary N) is 1. The number of hydrogen-bond acceptors (Lipinski definition) is 4. The number of amides is 2. The summed E-state index contributed by atoms with van der Waals surface area (Å²) in [6, 6.07) is 4.26. The molecule has 0 spiro atoms. The molecule has 1 aromatic carbocycles. The lowest BCUT2D eigenvalue weighted by molar-refractivity contribution is -0.122. The highest BCUT2D eigenvalue weighted by atomic mass is 35.5. The lowest BCUT2D eigenvalue weighted by Crippen LogP contribution is -2.27. The number of carbonyl (C=O) groups excluding carboxylic acids is 3. The predicted molar refractivity (Wildman–Crippen MR) is 76.5 cm³/mol. The fraction of sp³-hybridized carbons (Fsp3) is 0.154. The zero-order valence-electron chi connectivity index (χ0n) is 10.6. The highest BCUT2D eigenvalue weighted by molar-refractivity contribution is 6.35. The zero-order valence-corrected chi connectivity index (χ0v) is 12.1. The van der Waals surface area contributed by atoms with E-state index in [1.54, 1.807) is 6.92 Å². The van der Waals surface area contributed by atoms with Gasteiger partial charge in [0.05, 0.1) is 5.70 Å². The Morgan fingerprint density at radius 1 is 1.25 bits per heavy atom. The van der Waals surface area contributed by atoms with Crippen LogP contribution in [0.25, 0.3) is 0 Å². The first-order valence-electron chi connectivity index (χ1n) is 5.64. The molecule has 106 valence electrons. The summed E-state index contributed by atoms with van der Waals surface area (Å²) in [5.74, 6) is -1.28. The van der Waals surface area contributed by atoms with Crippen LogP contribution >= 0.6 is 23.2 Å². The van der Waals surface area contributed by atoms with Crippen molar-refractivity contribution in [3.63, 3.8) is 0 Å². The van der Waals surface area contributed by atoms with Crippen molar-refractivity contribution in [2.75, 3.05) is 0 Å². The molecule has 3 N–H and O–H groups in total. The molecule has 0 atom stereocenters. The third kappa shape index (κ3) is 3.82. The average molecular weight is 315 g/mol. The molecule has 20 heavy (non-hydrogen) atoms. The summed E-state index contributed by atoms with van der Waals surface area (Å²) < 4.78 is 0. The number of hydrogen-bond donors (Lipinski definition) is 2. The average Bonchev–Trinajstić information content (AvgIpc) is 2.37. The summed E-state index contributed by atoms with van der Waals surface area (Å²) in [5, 5.41) is 2.51. The molecule has 1 aromatic rings. The number of imide groups is 1. The van der Waals surface area contributed by atoms with Crippen LogP contribution in [0.5, 0.6) is 0 Å². The smallest absolute Gasteiger partial charge is 0.255 e. The van der Waals surface area contributed by atoms with Crippen molar-refractivity contribution in [1.29, 1.82) is 0 Å². The summed E-state index contributed by atoms with van der Waals surface area (Å²) >= 11 is 11.6. The number of rotatable bonds is 5. The normalized spacial score (nSPS) is 11.6. The number of allylic oxidation sites excluding steroid dienone is 1. The predicted octanol–water partition coefficient (Wildman–Crippen LogP) is 2.07. The van der Waals surface area contributed by atoms with Crippen molar-refractivity contribution in [1.82, 2.24) is 5.32 Å². The number of nitrogens with one attached hydrogen (secondary N) is 1. The van der Waals surface area contributed by atoms with E-state index in [0.29, 0.717) is 0 Å². The van der Waals surface area contributed by atoms with Crippen molar-refractivity contribution in [2.24, 2.45) is 5.73 Å². The van der Waals surface area contributed by atoms with Crippen LogP contribution in [0.3, 0.4) is 0 Å². The van der Waals surface area contributed by atoms with Gasteiger partial charge in [-0.05, 0) is 24.6 Å². The van der Waals surface area contributed by atoms with E-state index in [1.807, 2.05) is 5.32 Å². The Kier molecular flexibility index (Phi) is 5.73. The van der Waals surface area contributed by atoms with Gasteiger partial charge in [-0.1, -0.05) is 30.1 Å². The third-order valence-corrected chi connectivity index (χ3v) is 2.95. The number of halogens is 2. The Bertz CT molecular complexity index is 577. The Morgan fingerprint density at radius 2 is 1.80 bits per heavy atom. The van der Waals surface area contributed by atoms with Gasteiger partial charge >= 0.3 is 0 Å². The highest BCUT2D eigenvalue weighted by Gasteiger charge is 2.19. The molecule has 0 unspecified atom stereocenters. The molecule has 1 rings (SSSR count). The molecule has 0 saturated carbocycles. The number of carbonyl (C=O) groups is 3. The van der Waals surface area contributed by atoms with Crippen molar-refractivity contribution in [3.8, 4) is 0 Å². The minimum Gasteiger partial charge on any atom is -0.395 e. The Morgan fingerprint density at radius 3 is 2.25 bits per heavy atom. The van der Waals surface area contributed by atoms with Gasteiger partial charge in [0.25, 0.3) is 5.91 Å². The van der Waals surface area contributed by atoms with E-state index in [4.69, 9.17) is 28.9 Å². The molecule has 0 saturated heterocycles. The first-order valence-corrected chi connectivity index (χ1v) is 6.40. The van der Waals surface area contributed by atoms with Crippen LogP contribution in [0, 0.1) is 0 Å². The molecule has 0 bridgehead atoms. The number of benzene rings is 1. The number of ketones is 1. The molecule has 2 amide bonds. The van der Waals surface area contributed by atoms with Gasteiger partial charge in [-0.3, -0.25) is 19.7 Å². The van der Waals surface area contributed by atoms with E-state index < -0.39 is 11.7 Å². The minimum atomic E-state index is -0.707. The monoisotopic (exact) mass is 314 g/mol. The van der Waals surface area contributed by atoms with Crippen LogP contribution in [0.4, 0.5) is 0 Å². The molecule has 0 aliphatic carbocycles. The molecule has 0 aromatic heterocycles. The largest absolute Gasteiger partial charge is 0.395 e. The quantitative estimate of drug-likeness (QED) is 0.494. The Hall–Kier alpha value is -1.85. The summed E-state index contributed by atoms with van der Waals surface area (Å²) in [7, 11) is 0. The fourth-order valence-corrected chi connectivity index (χ4v) is 2.12. The van der Waals surface area contributed by atoms with Gasteiger partial charge in [0.2, 0.25) is 12.2 Å². The van der Waals surface area contributed by atoms with E-state index >= 15 is 0 Å². The zero-order chi connectivity index (χ0) is 15.3. The second-order valence-electron chi connectivity index (χ2n) is 3.82. The van der Waals surface area contributed by atoms with Crippen molar-refractivity contribution in [3.05, 3.63) is 45.1 Å². The topological polar surface area (TPSA) is 89.3 Å². The maximum absolute atomic E-state index is 12.2. The number of Topliss-reactive ketones (excluding diaryl/α,β-unsaturated/α-hetero) is 1. The molecular formula is C13H12Cl2N2O3. The molecule has 0 fully saturated rings. The van der Waals surface area contributed by atoms with Crippen molar-refractivity contribution in [2.45, 2.75) is 13.3 Å². The SMILES string of the molecule is CC/C(C(=O)NC=O)=C(/N)C(=O)c1cc(Cl)cc(Cl)c1. The summed E-state index contributed by atoms with van der Waals surface area (Å²) in [6.07, 6.45) is 0.428. The van der Waals surface area contributed by atoms with E-state index in [1.165, 1.54) is 18.2 Å². The van der Waals surface area contributed by atoms with E-state index in [0.717, 1.165) is 0 Å². The van der Waals surface area contributed by atoms with Crippen LogP contribution in [0.1, 0.15) is 23.7 Å². The van der Waals surface area contributed by atoms with E-state index in [-0.39, 0.29) is 39.7 Å². The van der Waals surface area contributed by atoms with Crippen LogP contribution in [0.2, 0.25) is 10.0 Å². The van der Waals surface area contributed by atoms with Gasteiger partial charge in [0.1, 0.15) is 0 Å². The molecule has 0 aliphatic rings. The van der Waals surface area contributed by atoms with Gasteiger partial charge in [-0.25, -0.2) is 0 Å². The summed E-state index contributed by atoms with van der Waals surface area (Å²) in [6.45, 7) is 1.64. The minimum absolute atomic E-state index is 0.0261. The molecule has 5 nitrogen and oxygen atoms in total. The van der Waals surface area contributed by atoms with Crippen LogP contribution in [0.15, 0.2) is 29.5 Å². The second kappa shape index (κ2) is 7.07. The first-order chi connectivity index (χ1) is 9.40. The van der Waals surface area contributed by atoms with Gasteiger partial charge in [0.15, 0.2) is 0 Å². The molecule has 0 heterocycles. The highest BCUT2D eigenvalue weighted by Crippen LogP contribution is 2.21. The standard InChI is InChI=1S/C13H12Cl2N2O3/c1-2-10(13(20)17-6-18)11(16)12(19)7-3-8(14)5-9(15)4-7/h3-6H,2,16H2,1H3,(H,17,18,20)/b11-10-. The molecule has 0 aliphatic heterocycles. The third-order valence-electron chi connectivity index (χ3n) is 2.51. The van der Waals surface area contributed by atoms with Crippen LogP contribution < -0.4 is 11.1 Å². The maximum Gasteiger partial charge on any atom is 0.255 e.